The van der Waals surface area contributed by atoms with Gasteiger partial charge < -0.3 is 10.1 Å². The molecular weight excluding hydrogens is 294 g/mol. The first-order chi connectivity index (χ1) is 8.60. The molecule has 2 rings (SSSR count). The molecule has 0 aliphatic heterocycles. The van der Waals surface area contributed by atoms with Gasteiger partial charge in [-0.25, -0.2) is 0 Å². The van der Waals surface area contributed by atoms with E-state index in [1.54, 1.807) is 0 Å². The minimum atomic E-state index is -0.00877. The molecule has 98 valence electrons. The molecule has 4 heteroatoms. The molecule has 18 heavy (non-hydrogen) atoms. The average molecular weight is 312 g/mol. The van der Waals surface area contributed by atoms with Crippen LogP contribution in [0.3, 0.4) is 0 Å². The third-order valence-corrected chi connectivity index (χ3v) is 3.89. The van der Waals surface area contributed by atoms with Crippen LogP contribution >= 0.6 is 15.9 Å². The fourth-order valence-corrected chi connectivity index (χ4v) is 2.56. The Morgan fingerprint density at radius 1 is 1.50 bits per heavy atom. The largest absolute Gasteiger partial charge is 0.378 e. The normalized spacial score (nSPS) is 22.4. The number of hydrogen-bond acceptors (Lipinski definition) is 2. The van der Waals surface area contributed by atoms with Crippen LogP contribution in [0.4, 0.5) is 0 Å². The number of benzene rings is 1. The van der Waals surface area contributed by atoms with Crippen LogP contribution in [-0.2, 0) is 4.74 Å². The van der Waals surface area contributed by atoms with Gasteiger partial charge in [-0.15, -0.1) is 0 Å². The molecule has 0 heterocycles. The van der Waals surface area contributed by atoms with E-state index >= 15 is 0 Å². The van der Waals surface area contributed by atoms with Gasteiger partial charge in [-0.1, -0.05) is 11.6 Å². The van der Waals surface area contributed by atoms with Crippen molar-refractivity contribution in [1.82, 2.24) is 5.32 Å². The summed E-state index contributed by atoms with van der Waals surface area (Å²) in [5.74, 6) is -0.00877. The lowest BCUT2D eigenvalue weighted by atomic mass is 9.89. The zero-order chi connectivity index (χ0) is 13.1. The standard InChI is InChI=1S/C14H18BrNO2/c1-3-18-11-7-10(8-11)16-14(17)12-6-9(2)4-5-13(12)15/h4-6,10-11H,3,7-8H2,1-2H3,(H,16,17). The van der Waals surface area contributed by atoms with Crippen molar-refractivity contribution in [3.8, 4) is 0 Å². The van der Waals surface area contributed by atoms with E-state index in [1.807, 2.05) is 32.0 Å². The minimum absolute atomic E-state index is 0.00877. The van der Waals surface area contributed by atoms with Gasteiger partial charge in [0.25, 0.3) is 5.91 Å². The maximum atomic E-state index is 12.1. The highest BCUT2D eigenvalue weighted by Crippen LogP contribution is 2.24. The predicted molar refractivity (Wildman–Crippen MR) is 74.8 cm³/mol. The number of ether oxygens (including phenoxy) is 1. The Bertz CT molecular complexity index is 441. The van der Waals surface area contributed by atoms with E-state index in [4.69, 9.17) is 4.74 Å². The number of hydrogen-bond donors (Lipinski definition) is 1. The fourth-order valence-electron chi connectivity index (χ4n) is 2.13. The number of carbonyl (C=O) groups excluding carboxylic acids is 1. The van der Waals surface area contributed by atoms with Gasteiger partial charge in [-0.2, -0.15) is 0 Å². The molecular formula is C14H18BrNO2. The molecule has 0 atom stereocenters. The number of amides is 1. The monoisotopic (exact) mass is 311 g/mol. The van der Waals surface area contributed by atoms with Gasteiger partial charge in [0, 0.05) is 17.1 Å². The summed E-state index contributed by atoms with van der Waals surface area (Å²) < 4.78 is 6.32. The van der Waals surface area contributed by atoms with Crippen LogP contribution in [0, 0.1) is 6.92 Å². The SMILES string of the molecule is CCOC1CC(NC(=O)c2cc(C)ccc2Br)C1. The average Bonchev–Trinajstić information content (AvgIpc) is 2.29. The molecule has 0 bridgehead atoms. The van der Waals surface area contributed by atoms with Gasteiger partial charge in [0.15, 0.2) is 0 Å². The quantitative estimate of drug-likeness (QED) is 0.928. The molecule has 1 saturated carbocycles. The van der Waals surface area contributed by atoms with Crippen LogP contribution in [-0.4, -0.2) is 24.7 Å². The first-order valence-electron chi connectivity index (χ1n) is 6.28. The van der Waals surface area contributed by atoms with E-state index in [2.05, 4.69) is 21.2 Å². The number of aryl methyl sites for hydroxylation is 1. The maximum absolute atomic E-state index is 12.1. The predicted octanol–water partition coefficient (Wildman–Crippen LogP) is 3.05. The van der Waals surface area contributed by atoms with E-state index in [9.17, 15) is 4.79 Å². The number of halogens is 1. The summed E-state index contributed by atoms with van der Waals surface area (Å²) in [6.07, 6.45) is 2.16. The van der Waals surface area contributed by atoms with E-state index in [1.165, 1.54) is 0 Å². The zero-order valence-electron chi connectivity index (χ0n) is 10.7. The van der Waals surface area contributed by atoms with Crippen molar-refractivity contribution in [2.24, 2.45) is 0 Å². The van der Waals surface area contributed by atoms with Crippen molar-refractivity contribution in [3.05, 3.63) is 33.8 Å². The Kier molecular flexibility index (Phi) is 4.40. The third-order valence-electron chi connectivity index (χ3n) is 3.20. The number of nitrogens with one attached hydrogen (secondary N) is 1. The molecule has 1 aliphatic rings. The second kappa shape index (κ2) is 5.85. The van der Waals surface area contributed by atoms with Crippen molar-refractivity contribution >= 4 is 21.8 Å². The van der Waals surface area contributed by atoms with Crippen molar-refractivity contribution in [1.29, 1.82) is 0 Å². The summed E-state index contributed by atoms with van der Waals surface area (Å²) in [6, 6.07) is 6.04. The summed E-state index contributed by atoms with van der Waals surface area (Å²) >= 11 is 3.41. The second-order valence-corrected chi connectivity index (χ2v) is 5.56. The summed E-state index contributed by atoms with van der Waals surface area (Å²) in [7, 11) is 0. The van der Waals surface area contributed by atoms with Gasteiger partial charge in [-0.05, 0) is 54.8 Å². The van der Waals surface area contributed by atoms with Gasteiger partial charge in [0.1, 0.15) is 0 Å². The summed E-state index contributed by atoms with van der Waals surface area (Å²) in [6.45, 7) is 4.72. The lowest BCUT2D eigenvalue weighted by Gasteiger charge is -2.35. The van der Waals surface area contributed by atoms with E-state index in [-0.39, 0.29) is 11.9 Å². The summed E-state index contributed by atoms with van der Waals surface area (Å²) in [5, 5.41) is 3.04. The molecule has 1 aromatic rings. The highest BCUT2D eigenvalue weighted by Gasteiger charge is 2.31. The smallest absolute Gasteiger partial charge is 0.252 e. The van der Waals surface area contributed by atoms with Gasteiger partial charge in [0.2, 0.25) is 0 Å². The van der Waals surface area contributed by atoms with Crippen molar-refractivity contribution in [2.75, 3.05) is 6.61 Å². The topological polar surface area (TPSA) is 38.3 Å². The fraction of sp³-hybridized carbons (Fsp3) is 0.500. The molecule has 1 aliphatic carbocycles. The molecule has 0 aromatic heterocycles. The highest BCUT2D eigenvalue weighted by molar-refractivity contribution is 9.10. The first-order valence-corrected chi connectivity index (χ1v) is 7.08. The van der Waals surface area contributed by atoms with Gasteiger partial charge in [0.05, 0.1) is 11.7 Å². The lowest BCUT2D eigenvalue weighted by molar-refractivity contribution is -0.00863. The summed E-state index contributed by atoms with van der Waals surface area (Å²) in [5.41, 5.74) is 1.79. The van der Waals surface area contributed by atoms with Crippen LogP contribution < -0.4 is 5.32 Å². The molecule has 0 spiro atoms. The van der Waals surface area contributed by atoms with Crippen LogP contribution in [0.25, 0.3) is 0 Å². The van der Waals surface area contributed by atoms with Crippen molar-refractivity contribution in [2.45, 2.75) is 38.8 Å². The third kappa shape index (κ3) is 3.12. The second-order valence-electron chi connectivity index (χ2n) is 4.70. The van der Waals surface area contributed by atoms with Crippen molar-refractivity contribution < 1.29 is 9.53 Å². The Morgan fingerprint density at radius 3 is 2.89 bits per heavy atom. The van der Waals surface area contributed by atoms with E-state index < -0.39 is 0 Å². The summed E-state index contributed by atoms with van der Waals surface area (Å²) in [4.78, 5) is 12.1. The van der Waals surface area contributed by atoms with Crippen LogP contribution in [0.1, 0.15) is 35.7 Å². The minimum Gasteiger partial charge on any atom is -0.378 e. The van der Waals surface area contributed by atoms with Crippen molar-refractivity contribution in [3.63, 3.8) is 0 Å². The van der Waals surface area contributed by atoms with E-state index in [0.29, 0.717) is 11.7 Å². The Hall–Kier alpha value is -0.870. The molecule has 1 aromatic carbocycles. The van der Waals surface area contributed by atoms with Crippen LogP contribution in [0.5, 0.6) is 0 Å². The Labute approximate surface area is 116 Å². The maximum Gasteiger partial charge on any atom is 0.252 e. The van der Waals surface area contributed by atoms with E-state index in [0.717, 1.165) is 29.5 Å². The highest BCUT2D eigenvalue weighted by atomic mass is 79.9. The molecule has 1 N–H and O–H groups in total. The lowest BCUT2D eigenvalue weighted by Crippen LogP contribution is -2.47. The number of carbonyl (C=O) groups is 1. The molecule has 1 fully saturated rings. The molecule has 0 unspecified atom stereocenters. The van der Waals surface area contributed by atoms with Crippen LogP contribution in [0.2, 0.25) is 0 Å². The van der Waals surface area contributed by atoms with Gasteiger partial charge >= 0.3 is 0 Å². The molecule has 1 amide bonds. The first kappa shape index (κ1) is 13.6. The Balaban J connectivity index is 1.91. The molecule has 0 saturated heterocycles. The Morgan fingerprint density at radius 2 is 2.22 bits per heavy atom. The molecule has 0 radical (unpaired) electrons. The van der Waals surface area contributed by atoms with Gasteiger partial charge in [-0.3, -0.25) is 4.79 Å². The molecule has 3 nitrogen and oxygen atoms in total. The zero-order valence-corrected chi connectivity index (χ0v) is 12.3. The van der Waals surface area contributed by atoms with Crippen LogP contribution in [0.15, 0.2) is 22.7 Å². The number of rotatable bonds is 4.